The van der Waals surface area contributed by atoms with Crippen LogP contribution in [0, 0.1) is 0 Å². The van der Waals surface area contributed by atoms with Crippen LogP contribution < -0.4 is 0 Å². The Kier molecular flexibility index (Phi) is 5.97. The van der Waals surface area contributed by atoms with E-state index < -0.39 is 0 Å². The van der Waals surface area contributed by atoms with Gasteiger partial charge in [0, 0.05) is 34.6 Å². The highest BCUT2D eigenvalue weighted by molar-refractivity contribution is 9.10. The van der Waals surface area contributed by atoms with Crippen LogP contribution in [0.15, 0.2) is 113 Å². The Bertz CT molecular complexity index is 1260. The van der Waals surface area contributed by atoms with Crippen LogP contribution in [0.25, 0.3) is 0 Å². The van der Waals surface area contributed by atoms with E-state index in [4.69, 9.17) is 4.74 Å². The Morgan fingerprint density at radius 3 is 2.42 bits per heavy atom. The van der Waals surface area contributed by atoms with Crippen molar-refractivity contribution >= 4 is 27.6 Å². The summed E-state index contributed by atoms with van der Waals surface area (Å²) in [6, 6.07) is 27.3. The number of halogens is 1. The van der Waals surface area contributed by atoms with E-state index in [-0.39, 0.29) is 24.0 Å². The molecule has 0 saturated carbocycles. The minimum absolute atomic E-state index is 0.0509. The zero-order chi connectivity index (χ0) is 22.8. The molecular weight excluding hydrogens is 478 g/mol. The summed E-state index contributed by atoms with van der Waals surface area (Å²) in [5, 5.41) is 0. The quantitative estimate of drug-likeness (QED) is 0.389. The highest BCUT2D eigenvalue weighted by atomic mass is 79.9. The number of benzene rings is 3. The molecule has 1 amide bonds. The van der Waals surface area contributed by atoms with Crippen LogP contribution in [-0.2, 0) is 16.1 Å². The zero-order valence-electron chi connectivity index (χ0n) is 17.9. The molecule has 0 spiro atoms. The maximum Gasteiger partial charge on any atom is 0.290 e. The molecule has 4 nitrogen and oxygen atoms in total. The summed E-state index contributed by atoms with van der Waals surface area (Å²) in [6.45, 7) is 1.02. The van der Waals surface area contributed by atoms with E-state index in [1.165, 1.54) is 0 Å². The third-order valence-electron chi connectivity index (χ3n) is 5.95. The van der Waals surface area contributed by atoms with Gasteiger partial charge in [-0.25, -0.2) is 0 Å². The first-order valence-electron chi connectivity index (χ1n) is 10.9. The van der Waals surface area contributed by atoms with Crippen molar-refractivity contribution in [1.82, 2.24) is 4.90 Å². The van der Waals surface area contributed by atoms with Crippen molar-refractivity contribution in [3.8, 4) is 0 Å². The van der Waals surface area contributed by atoms with E-state index >= 15 is 0 Å². The molecule has 2 heterocycles. The van der Waals surface area contributed by atoms with Crippen molar-refractivity contribution in [2.45, 2.75) is 18.9 Å². The predicted octanol–water partition coefficient (Wildman–Crippen LogP) is 6.02. The average Bonchev–Trinajstić information content (AvgIpc) is 3.15. The smallest absolute Gasteiger partial charge is 0.290 e. The number of carbonyl (C=O) groups is 2. The largest absolute Gasteiger partial charge is 0.456 e. The second-order valence-corrected chi connectivity index (χ2v) is 9.15. The lowest BCUT2D eigenvalue weighted by atomic mass is 9.88. The minimum Gasteiger partial charge on any atom is -0.456 e. The van der Waals surface area contributed by atoms with E-state index in [0.29, 0.717) is 30.2 Å². The van der Waals surface area contributed by atoms with E-state index in [1.54, 1.807) is 12.1 Å². The molecular formula is C28H22BrNO3. The van der Waals surface area contributed by atoms with Crippen LogP contribution in [0.5, 0.6) is 0 Å². The van der Waals surface area contributed by atoms with Gasteiger partial charge < -0.3 is 9.64 Å². The predicted molar refractivity (Wildman–Crippen MR) is 130 cm³/mol. The van der Waals surface area contributed by atoms with Crippen LogP contribution in [-0.4, -0.2) is 23.1 Å². The number of ketones is 1. The minimum atomic E-state index is -0.129. The molecule has 0 radical (unpaired) electrons. The molecule has 33 heavy (non-hydrogen) atoms. The lowest BCUT2D eigenvalue weighted by Crippen LogP contribution is -2.27. The number of amides is 1. The lowest BCUT2D eigenvalue weighted by Gasteiger charge is -2.23. The molecule has 0 aliphatic carbocycles. The van der Waals surface area contributed by atoms with Crippen molar-refractivity contribution in [1.29, 1.82) is 0 Å². The second kappa shape index (κ2) is 9.20. The molecule has 2 aliphatic heterocycles. The fraction of sp³-hybridized carbons (Fsp3) is 0.143. The van der Waals surface area contributed by atoms with Crippen molar-refractivity contribution in [2.75, 3.05) is 6.54 Å². The Balaban J connectivity index is 1.43. The average molecular weight is 500 g/mol. The zero-order valence-corrected chi connectivity index (χ0v) is 19.5. The molecule has 0 fully saturated rings. The fourth-order valence-electron chi connectivity index (χ4n) is 4.34. The number of ether oxygens (including phenoxy) is 1. The maximum absolute atomic E-state index is 13.3. The Hall–Kier alpha value is -3.44. The van der Waals surface area contributed by atoms with Gasteiger partial charge in [-0.05, 0) is 29.3 Å². The van der Waals surface area contributed by atoms with Crippen LogP contribution in [0.2, 0.25) is 0 Å². The van der Waals surface area contributed by atoms with E-state index in [0.717, 1.165) is 21.2 Å². The van der Waals surface area contributed by atoms with E-state index in [9.17, 15) is 9.59 Å². The third-order valence-corrected chi connectivity index (χ3v) is 6.45. The molecule has 3 aromatic carbocycles. The summed E-state index contributed by atoms with van der Waals surface area (Å²) >= 11 is 3.42. The monoisotopic (exact) mass is 499 g/mol. The molecule has 5 rings (SSSR count). The standard InChI is InChI=1S/C28H22BrNO3/c29-22-13-7-12-21(14-22)26(31)16-23-15-24(20-10-5-2-6-11-20)25-18-30(28(32)27(25)33-23)17-19-8-3-1-4-9-19/h1-15,24H,16-18H2/t24-/m1/s1. The molecule has 0 aromatic heterocycles. The highest BCUT2D eigenvalue weighted by Gasteiger charge is 2.39. The van der Waals surface area contributed by atoms with Crippen LogP contribution >= 0.6 is 15.9 Å². The molecule has 164 valence electrons. The summed E-state index contributed by atoms with van der Waals surface area (Å²) in [5.74, 6) is 0.590. The molecule has 0 N–H and O–H groups in total. The van der Waals surface area contributed by atoms with Crippen LogP contribution in [0.3, 0.4) is 0 Å². The summed E-state index contributed by atoms with van der Waals surface area (Å²) in [4.78, 5) is 28.0. The fourth-order valence-corrected chi connectivity index (χ4v) is 4.74. The van der Waals surface area contributed by atoms with Gasteiger partial charge in [-0.3, -0.25) is 9.59 Å². The number of rotatable bonds is 6. The summed E-state index contributed by atoms with van der Waals surface area (Å²) in [5.41, 5.74) is 3.70. The Morgan fingerprint density at radius 1 is 0.970 bits per heavy atom. The van der Waals surface area contributed by atoms with E-state index in [2.05, 4.69) is 28.1 Å². The second-order valence-electron chi connectivity index (χ2n) is 8.23. The number of allylic oxidation sites excluding steroid dienone is 2. The molecule has 1 atom stereocenters. The number of carbonyl (C=O) groups excluding carboxylic acids is 2. The third kappa shape index (κ3) is 4.55. The van der Waals surface area contributed by atoms with Crippen LogP contribution in [0.1, 0.15) is 33.8 Å². The summed E-state index contributed by atoms with van der Waals surface area (Å²) in [6.07, 6.45) is 2.09. The van der Waals surface area contributed by atoms with Gasteiger partial charge in [0.15, 0.2) is 11.5 Å². The normalized spacial score (nSPS) is 17.5. The van der Waals surface area contributed by atoms with Crippen molar-refractivity contribution in [3.63, 3.8) is 0 Å². The summed E-state index contributed by atoms with van der Waals surface area (Å²) in [7, 11) is 0. The van der Waals surface area contributed by atoms with Gasteiger partial charge in [-0.15, -0.1) is 0 Å². The highest BCUT2D eigenvalue weighted by Crippen LogP contribution is 2.40. The molecule has 0 saturated heterocycles. The molecule has 2 aliphatic rings. The van der Waals surface area contributed by atoms with Gasteiger partial charge in [0.1, 0.15) is 5.76 Å². The first kappa shape index (κ1) is 21.4. The molecule has 3 aromatic rings. The Labute approximate surface area is 201 Å². The van der Waals surface area contributed by atoms with Gasteiger partial charge >= 0.3 is 0 Å². The van der Waals surface area contributed by atoms with Crippen molar-refractivity contribution < 1.29 is 14.3 Å². The van der Waals surface area contributed by atoms with Crippen LogP contribution in [0.4, 0.5) is 0 Å². The number of hydrogen-bond donors (Lipinski definition) is 0. The van der Waals surface area contributed by atoms with Gasteiger partial charge in [0.05, 0.1) is 6.42 Å². The Morgan fingerprint density at radius 2 is 1.70 bits per heavy atom. The van der Waals surface area contributed by atoms with Gasteiger partial charge in [-0.2, -0.15) is 0 Å². The maximum atomic E-state index is 13.3. The molecule has 0 bridgehead atoms. The van der Waals surface area contributed by atoms with Crippen molar-refractivity contribution in [3.05, 3.63) is 129 Å². The number of nitrogens with zero attached hydrogens (tertiary/aromatic N) is 1. The van der Waals surface area contributed by atoms with Gasteiger partial charge in [0.25, 0.3) is 5.91 Å². The molecule has 5 heteroatoms. The summed E-state index contributed by atoms with van der Waals surface area (Å²) < 4.78 is 6.93. The number of hydrogen-bond acceptors (Lipinski definition) is 3. The topological polar surface area (TPSA) is 46.6 Å². The van der Waals surface area contributed by atoms with Gasteiger partial charge in [0.2, 0.25) is 0 Å². The SMILES string of the molecule is O=C(CC1=C[C@H](c2ccccc2)C2=C(O1)C(=O)N(Cc1ccccc1)C2)c1cccc(Br)c1. The van der Waals surface area contributed by atoms with Crippen molar-refractivity contribution in [2.24, 2.45) is 0 Å². The first-order valence-corrected chi connectivity index (χ1v) is 11.7. The number of Topliss-reactive ketones (excluding diaryl/α,β-unsaturated/α-hetero) is 1. The molecule has 0 unspecified atom stereocenters. The van der Waals surface area contributed by atoms with E-state index in [1.807, 2.05) is 71.6 Å². The van der Waals surface area contributed by atoms with Gasteiger partial charge in [-0.1, -0.05) is 88.7 Å². The first-order chi connectivity index (χ1) is 16.1. The lowest BCUT2D eigenvalue weighted by molar-refractivity contribution is -0.128.